The Kier molecular flexibility index (Phi) is 3.34. The van der Waals surface area contributed by atoms with Gasteiger partial charge >= 0.3 is 0 Å². The molecule has 1 spiro atoms. The van der Waals surface area contributed by atoms with E-state index < -0.39 is 9.84 Å². The fourth-order valence-corrected chi connectivity index (χ4v) is 6.53. The van der Waals surface area contributed by atoms with Crippen LogP contribution in [0, 0.1) is 11.8 Å². The SMILES string of the molecule is CN(C[C@@H]1CCS(=O)(=O)C1)C(=O)[C@@H]1C[C@@]12CCc1ccccc12. The highest BCUT2D eigenvalue weighted by atomic mass is 32.2. The summed E-state index contributed by atoms with van der Waals surface area (Å²) >= 11 is 0. The van der Waals surface area contributed by atoms with Crippen LogP contribution in [0.2, 0.25) is 0 Å². The van der Waals surface area contributed by atoms with E-state index in [1.165, 1.54) is 11.1 Å². The average Bonchev–Trinajstić information content (AvgIpc) is 2.98. The predicted molar refractivity (Wildman–Crippen MR) is 88.9 cm³/mol. The van der Waals surface area contributed by atoms with Crippen LogP contribution in [-0.4, -0.2) is 44.3 Å². The predicted octanol–water partition coefficient (Wildman–Crippen LogP) is 1.78. The molecule has 0 N–H and O–H groups in total. The van der Waals surface area contributed by atoms with E-state index in [1.54, 1.807) is 4.90 Å². The van der Waals surface area contributed by atoms with Crippen molar-refractivity contribution in [1.29, 1.82) is 0 Å². The second kappa shape index (κ2) is 5.07. The number of carbonyl (C=O) groups is 1. The summed E-state index contributed by atoms with van der Waals surface area (Å²) in [7, 11) is -1.04. The van der Waals surface area contributed by atoms with Crippen LogP contribution in [-0.2, 0) is 26.5 Å². The zero-order valence-electron chi connectivity index (χ0n) is 13.5. The maximum atomic E-state index is 12.8. The maximum absolute atomic E-state index is 12.8. The highest BCUT2D eigenvalue weighted by Crippen LogP contribution is 2.61. The van der Waals surface area contributed by atoms with Crippen molar-refractivity contribution >= 4 is 15.7 Å². The Labute approximate surface area is 137 Å². The summed E-state index contributed by atoms with van der Waals surface area (Å²) in [5, 5.41) is 0. The van der Waals surface area contributed by atoms with Crippen molar-refractivity contribution in [3.8, 4) is 0 Å². The lowest BCUT2D eigenvalue weighted by molar-refractivity contribution is -0.132. The van der Waals surface area contributed by atoms with Crippen molar-refractivity contribution in [1.82, 2.24) is 4.90 Å². The molecule has 1 aromatic carbocycles. The monoisotopic (exact) mass is 333 g/mol. The molecule has 2 aliphatic carbocycles. The standard InChI is InChI=1S/C18H23NO3S/c1-19(11-13-7-9-23(21,22)12-13)17(20)16-10-18(16)8-6-14-4-2-3-5-15(14)18/h2-5,13,16H,6-12H2,1H3/t13-,16-,18+/m0/s1. The van der Waals surface area contributed by atoms with Gasteiger partial charge in [0.15, 0.2) is 9.84 Å². The molecule has 1 aliphatic heterocycles. The minimum Gasteiger partial charge on any atom is -0.345 e. The molecule has 1 heterocycles. The molecule has 1 aromatic rings. The van der Waals surface area contributed by atoms with Crippen LogP contribution >= 0.6 is 0 Å². The molecular formula is C18H23NO3S. The van der Waals surface area contributed by atoms with Gasteiger partial charge in [-0.2, -0.15) is 0 Å². The van der Waals surface area contributed by atoms with Crippen molar-refractivity contribution in [3.05, 3.63) is 35.4 Å². The van der Waals surface area contributed by atoms with Gasteiger partial charge in [0.1, 0.15) is 0 Å². The highest BCUT2D eigenvalue weighted by Gasteiger charge is 2.61. The van der Waals surface area contributed by atoms with Crippen LogP contribution < -0.4 is 0 Å². The van der Waals surface area contributed by atoms with Gasteiger partial charge < -0.3 is 4.90 Å². The van der Waals surface area contributed by atoms with E-state index in [2.05, 4.69) is 24.3 Å². The van der Waals surface area contributed by atoms with Crippen LogP contribution in [0.4, 0.5) is 0 Å². The normalized spacial score (nSPS) is 33.6. The highest BCUT2D eigenvalue weighted by molar-refractivity contribution is 7.91. The first kappa shape index (κ1) is 15.2. The lowest BCUT2D eigenvalue weighted by Gasteiger charge is -2.22. The first-order valence-electron chi connectivity index (χ1n) is 8.45. The van der Waals surface area contributed by atoms with Crippen molar-refractivity contribution in [2.45, 2.75) is 31.1 Å². The van der Waals surface area contributed by atoms with E-state index in [4.69, 9.17) is 0 Å². The molecule has 0 unspecified atom stereocenters. The Morgan fingerprint density at radius 2 is 2.13 bits per heavy atom. The van der Waals surface area contributed by atoms with Crippen LogP contribution in [0.3, 0.4) is 0 Å². The third-order valence-corrected chi connectivity index (χ3v) is 7.84. The molecule has 3 atom stereocenters. The number of carbonyl (C=O) groups excluding carboxylic acids is 1. The molecular weight excluding hydrogens is 310 g/mol. The number of hydrogen-bond donors (Lipinski definition) is 0. The number of nitrogens with zero attached hydrogens (tertiary/aromatic N) is 1. The van der Waals surface area contributed by atoms with E-state index in [0.717, 1.165) is 19.3 Å². The molecule has 2 fully saturated rings. The Bertz CT molecular complexity index is 757. The van der Waals surface area contributed by atoms with Crippen molar-refractivity contribution in [2.75, 3.05) is 25.1 Å². The van der Waals surface area contributed by atoms with Crippen molar-refractivity contribution in [3.63, 3.8) is 0 Å². The zero-order chi connectivity index (χ0) is 16.2. The molecule has 124 valence electrons. The Balaban J connectivity index is 1.43. The second-order valence-corrected chi connectivity index (χ2v) is 9.79. The van der Waals surface area contributed by atoms with Crippen molar-refractivity contribution < 1.29 is 13.2 Å². The molecule has 0 aromatic heterocycles. The van der Waals surface area contributed by atoms with Crippen LogP contribution in [0.1, 0.15) is 30.4 Å². The number of rotatable bonds is 3. The average molecular weight is 333 g/mol. The van der Waals surface area contributed by atoms with Gasteiger partial charge in [-0.3, -0.25) is 4.79 Å². The zero-order valence-corrected chi connectivity index (χ0v) is 14.3. The van der Waals surface area contributed by atoms with Gasteiger partial charge in [0, 0.05) is 24.9 Å². The smallest absolute Gasteiger partial charge is 0.226 e. The molecule has 1 saturated carbocycles. The van der Waals surface area contributed by atoms with E-state index in [9.17, 15) is 13.2 Å². The summed E-state index contributed by atoms with van der Waals surface area (Å²) in [6.45, 7) is 0.576. The van der Waals surface area contributed by atoms with Gasteiger partial charge in [0.2, 0.25) is 5.91 Å². The largest absolute Gasteiger partial charge is 0.345 e. The number of sulfone groups is 1. The number of benzene rings is 1. The third kappa shape index (κ3) is 2.49. The quantitative estimate of drug-likeness (QED) is 0.847. The molecule has 5 heteroatoms. The second-order valence-electron chi connectivity index (χ2n) is 7.56. The Morgan fingerprint density at radius 1 is 1.35 bits per heavy atom. The summed E-state index contributed by atoms with van der Waals surface area (Å²) in [6, 6.07) is 8.50. The lowest BCUT2D eigenvalue weighted by atomic mass is 9.95. The number of hydrogen-bond acceptors (Lipinski definition) is 3. The fourth-order valence-electron chi connectivity index (χ4n) is 4.68. The van der Waals surface area contributed by atoms with Gasteiger partial charge in [-0.05, 0) is 42.7 Å². The van der Waals surface area contributed by atoms with Gasteiger partial charge in [0.05, 0.1) is 11.5 Å². The van der Waals surface area contributed by atoms with Gasteiger partial charge in [-0.1, -0.05) is 24.3 Å². The van der Waals surface area contributed by atoms with Crippen LogP contribution in [0.5, 0.6) is 0 Å². The van der Waals surface area contributed by atoms with E-state index in [1.807, 2.05) is 7.05 Å². The summed E-state index contributed by atoms with van der Waals surface area (Å²) in [5.74, 6) is 0.920. The van der Waals surface area contributed by atoms with Crippen molar-refractivity contribution in [2.24, 2.45) is 11.8 Å². The third-order valence-electron chi connectivity index (χ3n) is 6.00. The summed E-state index contributed by atoms with van der Waals surface area (Å²) in [5.41, 5.74) is 2.84. The van der Waals surface area contributed by atoms with E-state index in [0.29, 0.717) is 13.0 Å². The topological polar surface area (TPSA) is 54.5 Å². The minimum absolute atomic E-state index is 0.0731. The summed E-state index contributed by atoms with van der Waals surface area (Å²) < 4.78 is 23.2. The molecule has 23 heavy (non-hydrogen) atoms. The molecule has 4 rings (SSSR count). The fraction of sp³-hybridized carbons (Fsp3) is 0.611. The Morgan fingerprint density at radius 3 is 2.87 bits per heavy atom. The van der Waals surface area contributed by atoms with E-state index in [-0.39, 0.29) is 34.7 Å². The first-order valence-corrected chi connectivity index (χ1v) is 10.3. The van der Waals surface area contributed by atoms with Crippen LogP contribution in [0.25, 0.3) is 0 Å². The molecule has 3 aliphatic rings. The van der Waals surface area contributed by atoms with E-state index >= 15 is 0 Å². The first-order chi connectivity index (χ1) is 10.9. The molecule has 1 amide bonds. The maximum Gasteiger partial charge on any atom is 0.226 e. The summed E-state index contributed by atoms with van der Waals surface area (Å²) in [4.78, 5) is 14.6. The minimum atomic E-state index is -2.87. The van der Waals surface area contributed by atoms with Gasteiger partial charge in [-0.25, -0.2) is 8.42 Å². The van der Waals surface area contributed by atoms with Gasteiger partial charge in [0.25, 0.3) is 0 Å². The molecule has 1 saturated heterocycles. The number of aryl methyl sites for hydroxylation is 1. The molecule has 0 bridgehead atoms. The Hall–Kier alpha value is -1.36. The number of fused-ring (bicyclic) bond motifs is 2. The number of amides is 1. The van der Waals surface area contributed by atoms with Gasteiger partial charge in [-0.15, -0.1) is 0 Å². The molecule has 4 nitrogen and oxygen atoms in total. The summed E-state index contributed by atoms with van der Waals surface area (Å²) in [6.07, 6.45) is 3.80. The molecule has 0 radical (unpaired) electrons. The lowest BCUT2D eigenvalue weighted by Crippen LogP contribution is -2.35. The van der Waals surface area contributed by atoms with Crippen LogP contribution in [0.15, 0.2) is 24.3 Å².